The summed E-state index contributed by atoms with van der Waals surface area (Å²) < 4.78 is 40.8. The Labute approximate surface area is 163 Å². The molecule has 0 spiro atoms. The van der Waals surface area contributed by atoms with Crippen molar-refractivity contribution in [2.45, 2.75) is 18.4 Å². The van der Waals surface area contributed by atoms with Gasteiger partial charge >= 0.3 is 0 Å². The van der Waals surface area contributed by atoms with Crippen LogP contribution >= 0.6 is 24.0 Å². The van der Waals surface area contributed by atoms with E-state index in [0.29, 0.717) is 16.8 Å². The van der Waals surface area contributed by atoms with Gasteiger partial charge in [-0.25, -0.2) is 21.8 Å². The molecule has 0 saturated carbocycles. The summed E-state index contributed by atoms with van der Waals surface area (Å²) in [6.07, 6.45) is 1.25. The van der Waals surface area contributed by atoms with E-state index in [1.807, 2.05) is 0 Å². The Bertz CT molecular complexity index is 911. The predicted molar refractivity (Wildman–Crippen MR) is 104 cm³/mol. The van der Waals surface area contributed by atoms with E-state index in [2.05, 4.69) is 5.10 Å². The lowest BCUT2D eigenvalue weighted by Gasteiger charge is -2.12. The number of benzene rings is 1. The summed E-state index contributed by atoms with van der Waals surface area (Å²) in [4.78, 5) is 0.146. The molecule has 2 rings (SSSR count). The first-order valence-electron chi connectivity index (χ1n) is 7.49. The number of rotatable bonds is 6. The minimum absolute atomic E-state index is 0. The zero-order valence-electron chi connectivity index (χ0n) is 14.6. The normalized spacial score (nSPS) is 12.3. The summed E-state index contributed by atoms with van der Waals surface area (Å²) in [7, 11) is -0.646. The van der Waals surface area contributed by atoms with Crippen LogP contribution in [0.4, 0.5) is 4.39 Å². The number of aryl methyl sites for hydroxylation is 1. The van der Waals surface area contributed by atoms with E-state index in [1.54, 1.807) is 19.1 Å². The standard InChI is InChI=1S/C16H20ClFN4O2S.ClH/c1-11-15(16(17)22(20-11)10-13(18)7-8-19)12-5-4-6-14(9-12)25(23,24)21(2)3;/h4-7,9H,8,10,19H2,1-3H3;1H. The Morgan fingerprint density at radius 3 is 2.65 bits per heavy atom. The van der Waals surface area contributed by atoms with Crippen LogP contribution < -0.4 is 5.73 Å². The van der Waals surface area contributed by atoms with Gasteiger partial charge in [-0.05, 0) is 30.7 Å². The highest BCUT2D eigenvalue weighted by Crippen LogP contribution is 2.33. The quantitative estimate of drug-likeness (QED) is 0.775. The van der Waals surface area contributed by atoms with Crippen LogP contribution in [-0.2, 0) is 16.6 Å². The van der Waals surface area contributed by atoms with Crippen LogP contribution in [0, 0.1) is 6.92 Å². The van der Waals surface area contributed by atoms with E-state index in [-0.39, 0.29) is 35.5 Å². The number of aromatic nitrogens is 2. The van der Waals surface area contributed by atoms with E-state index in [1.165, 1.54) is 37.0 Å². The van der Waals surface area contributed by atoms with Gasteiger partial charge in [0.2, 0.25) is 10.0 Å². The second-order valence-electron chi connectivity index (χ2n) is 5.61. The van der Waals surface area contributed by atoms with Crippen LogP contribution in [-0.4, -0.2) is 43.1 Å². The van der Waals surface area contributed by atoms with E-state index in [0.717, 1.165) is 4.31 Å². The van der Waals surface area contributed by atoms with Crippen molar-refractivity contribution < 1.29 is 12.8 Å². The molecular weight excluding hydrogens is 402 g/mol. The van der Waals surface area contributed by atoms with Gasteiger partial charge < -0.3 is 5.73 Å². The van der Waals surface area contributed by atoms with Crippen LogP contribution in [0.3, 0.4) is 0 Å². The molecule has 0 aliphatic rings. The molecule has 0 unspecified atom stereocenters. The summed E-state index contributed by atoms with van der Waals surface area (Å²) in [5, 5.41) is 4.47. The van der Waals surface area contributed by atoms with Crippen LogP contribution in [0.1, 0.15) is 5.69 Å². The molecule has 0 amide bonds. The van der Waals surface area contributed by atoms with E-state index in [9.17, 15) is 12.8 Å². The molecule has 144 valence electrons. The number of allylic oxidation sites excluding steroid dienone is 1. The van der Waals surface area contributed by atoms with Crippen molar-refractivity contribution in [3.63, 3.8) is 0 Å². The molecule has 2 N–H and O–H groups in total. The molecule has 6 nitrogen and oxygen atoms in total. The average molecular weight is 423 g/mol. The van der Waals surface area contributed by atoms with E-state index in [4.69, 9.17) is 17.3 Å². The van der Waals surface area contributed by atoms with Crippen LogP contribution in [0.2, 0.25) is 5.15 Å². The van der Waals surface area contributed by atoms with Crippen LogP contribution in [0.5, 0.6) is 0 Å². The van der Waals surface area contributed by atoms with Crippen LogP contribution in [0.15, 0.2) is 41.1 Å². The molecule has 0 radical (unpaired) electrons. The molecule has 1 aromatic carbocycles. The average Bonchev–Trinajstić information content (AvgIpc) is 2.81. The number of nitrogens with two attached hydrogens (primary N) is 1. The summed E-state index contributed by atoms with van der Waals surface area (Å²) in [5.74, 6) is -0.442. The van der Waals surface area contributed by atoms with Crippen molar-refractivity contribution in [2.75, 3.05) is 20.6 Å². The number of sulfonamides is 1. The molecule has 0 aliphatic carbocycles. The molecule has 1 aromatic heterocycles. The van der Waals surface area contributed by atoms with Crippen molar-refractivity contribution in [2.24, 2.45) is 5.73 Å². The fraction of sp³-hybridized carbons (Fsp3) is 0.312. The Balaban J connectivity index is 0.00000338. The number of hydrogen-bond donors (Lipinski definition) is 1. The largest absolute Gasteiger partial charge is 0.327 e. The maximum atomic E-state index is 13.7. The van der Waals surface area contributed by atoms with Crippen molar-refractivity contribution in [3.8, 4) is 11.1 Å². The highest BCUT2D eigenvalue weighted by atomic mass is 35.5. The SMILES string of the molecule is Cc1nn(CC(F)=CCN)c(Cl)c1-c1cccc(S(=O)(=O)N(C)C)c1.Cl. The smallest absolute Gasteiger partial charge is 0.242 e. The molecule has 1 heterocycles. The molecule has 0 aliphatic heterocycles. The lowest BCUT2D eigenvalue weighted by molar-refractivity contribution is 0.520. The zero-order chi connectivity index (χ0) is 18.8. The van der Waals surface area contributed by atoms with Gasteiger partial charge in [0.1, 0.15) is 11.0 Å². The molecule has 0 atom stereocenters. The van der Waals surface area contributed by atoms with Gasteiger partial charge in [-0.3, -0.25) is 0 Å². The lowest BCUT2D eigenvalue weighted by atomic mass is 10.1. The van der Waals surface area contributed by atoms with E-state index >= 15 is 0 Å². The third-order valence-corrected chi connectivity index (χ3v) is 5.80. The van der Waals surface area contributed by atoms with Crippen molar-refractivity contribution in [1.29, 1.82) is 0 Å². The van der Waals surface area contributed by atoms with Gasteiger partial charge in [-0.1, -0.05) is 23.7 Å². The Morgan fingerprint density at radius 1 is 1.42 bits per heavy atom. The summed E-state index contributed by atoms with van der Waals surface area (Å²) in [6, 6.07) is 6.41. The molecule has 2 aromatic rings. The lowest BCUT2D eigenvalue weighted by Crippen LogP contribution is -2.22. The molecule has 26 heavy (non-hydrogen) atoms. The number of halogens is 3. The highest BCUT2D eigenvalue weighted by Gasteiger charge is 2.21. The van der Waals surface area contributed by atoms with Gasteiger partial charge in [0, 0.05) is 26.2 Å². The molecule has 0 fully saturated rings. The van der Waals surface area contributed by atoms with Crippen LogP contribution in [0.25, 0.3) is 11.1 Å². The Hall–Kier alpha value is -1.45. The second-order valence-corrected chi connectivity index (χ2v) is 8.12. The Kier molecular flexibility index (Phi) is 7.79. The van der Waals surface area contributed by atoms with Gasteiger partial charge in [-0.15, -0.1) is 12.4 Å². The first-order chi connectivity index (χ1) is 11.7. The fourth-order valence-corrected chi connectivity index (χ4v) is 3.64. The first kappa shape index (κ1) is 22.6. The molecule has 10 heteroatoms. The van der Waals surface area contributed by atoms with Crippen molar-refractivity contribution in [1.82, 2.24) is 14.1 Å². The minimum Gasteiger partial charge on any atom is -0.327 e. The maximum Gasteiger partial charge on any atom is 0.242 e. The van der Waals surface area contributed by atoms with Crippen molar-refractivity contribution in [3.05, 3.63) is 47.0 Å². The third kappa shape index (κ3) is 4.63. The molecular formula is C16H21Cl2FN4O2S. The monoisotopic (exact) mass is 422 g/mol. The zero-order valence-corrected chi connectivity index (χ0v) is 17.0. The first-order valence-corrected chi connectivity index (χ1v) is 9.30. The van der Waals surface area contributed by atoms with Gasteiger partial charge in [0.05, 0.1) is 17.1 Å². The summed E-state index contributed by atoms with van der Waals surface area (Å²) in [5.41, 5.74) is 7.03. The van der Waals surface area contributed by atoms with Crippen molar-refractivity contribution >= 4 is 34.0 Å². The van der Waals surface area contributed by atoms with Gasteiger partial charge in [-0.2, -0.15) is 5.10 Å². The fourth-order valence-electron chi connectivity index (χ4n) is 2.34. The third-order valence-electron chi connectivity index (χ3n) is 3.61. The topological polar surface area (TPSA) is 81.2 Å². The van der Waals surface area contributed by atoms with Gasteiger partial charge in [0.25, 0.3) is 0 Å². The molecule has 0 saturated heterocycles. The summed E-state index contributed by atoms with van der Waals surface area (Å²) >= 11 is 6.35. The van der Waals surface area contributed by atoms with E-state index < -0.39 is 15.9 Å². The maximum absolute atomic E-state index is 13.7. The number of nitrogens with zero attached hydrogens (tertiary/aromatic N) is 3. The predicted octanol–water partition coefficient (Wildman–Crippen LogP) is 3.00. The second kappa shape index (κ2) is 8.96. The summed E-state index contributed by atoms with van der Waals surface area (Å²) in [6.45, 7) is 1.68. The minimum atomic E-state index is -3.57. The number of hydrogen-bond acceptors (Lipinski definition) is 4. The van der Waals surface area contributed by atoms with Gasteiger partial charge in [0.15, 0.2) is 0 Å². The Morgan fingerprint density at radius 2 is 2.08 bits per heavy atom. The molecule has 0 bridgehead atoms. The highest BCUT2D eigenvalue weighted by molar-refractivity contribution is 7.89.